The van der Waals surface area contributed by atoms with Crippen molar-refractivity contribution in [2.24, 2.45) is 0 Å². The van der Waals surface area contributed by atoms with Gasteiger partial charge in [-0.25, -0.2) is 4.98 Å². The van der Waals surface area contributed by atoms with E-state index in [4.69, 9.17) is 0 Å². The molecule has 2 aromatic carbocycles. The summed E-state index contributed by atoms with van der Waals surface area (Å²) in [6, 6.07) is 19.8. The lowest BCUT2D eigenvalue weighted by molar-refractivity contribution is -0.111. The van der Waals surface area contributed by atoms with Crippen molar-refractivity contribution in [3.63, 3.8) is 0 Å². The lowest BCUT2D eigenvalue weighted by atomic mass is 10.2. The summed E-state index contributed by atoms with van der Waals surface area (Å²) in [6.07, 6.45) is 6.82. The number of hydrogen-bond donors (Lipinski definition) is 1. The van der Waals surface area contributed by atoms with Gasteiger partial charge in [0.1, 0.15) is 0 Å². The van der Waals surface area contributed by atoms with Gasteiger partial charge in [-0.3, -0.25) is 10.1 Å². The topological polar surface area (TPSA) is 46.9 Å². The maximum absolute atomic E-state index is 12.0. The van der Waals surface area contributed by atoms with Gasteiger partial charge in [0, 0.05) is 18.5 Å². The second-order valence-corrected chi connectivity index (χ2v) is 5.10. The Morgan fingerprint density at radius 3 is 2.48 bits per heavy atom. The molecule has 0 radical (unpaired) electrons. The number of anilines is 1. The van der Waals surface area contributed by atoms with E-state index in [-0.39, 0.29) is 5.91 Å². The third kappa shape index (κ3) is 4.17. The molecular formula is C19H17N3O. The summed E-state index contributed by atoms with van der Waals surface area (Å²) >= 11 is 0. The Bertz CT molecular complexity index is 792. The summed E-state index contributed by atoms with van der Waals surface area (Å²) in [5, 5.41) is 2.81. The molecule has 0 saturated heterocycles. The van der Waals surface area contributed by atoms with E-state index in [0.29, 0.717) is 12.5 Å². The predicted octanol–water partition coefficient (Wildman–Crippen LogP) is 3.58. The first-order valence-electron chi connectivity index (χ1n) is 7.40. The van der Waals surface area contributed by atoms with E-state index in [9.17, 15) is 4.79 Å². The Morgan fingerprint density at radius 1 is 1.04 bits per heavy atom. The molecule has 1 heterocycles. The molecular weight excluding hydrogens is 286 g/mol. The van der Waals surface area contributed by atoms with E-state index < -0.39 is 0 Å². The number of carbonyl (C=O) groups is 1. The zero-order chi connectivity index (χ0) is 15.9. The summed E-state index contributed by atoms with van der Waals surface area (Å²) < 4.78 is 1.91. The van der Waals surface area contributed by atoms with Crippen LogP contribution in [0.2, 0.25) is 0 Å². The minimum Gasteiger partial charge on any atom is -0.313 e. The highest BCUT2D eigenvalue weighted by molar-refractivity contribution is 6.00. The molecule has 0 unspecified atom stereocenters. The van der Waals surface area contributed by atoms with Crippen LogP contribution in [-0.2, 0) is 11.3 Å². The molecule has 0 atom stereocenters. The second kappa shape index (κ2) is 7.22. The number of rotatable bonds is 5. The predicted molar refractivity (Wildman–Crippen MR) is 91.9 cm³/mol. The highest BCUT2D eigenvalue weighted by Crippen LogP contribution is 2.09. The van der Waals surface area contributed by atoms with Crippen LogP contribution in [0.1, 0.15) is 11.1 Å². The van der Waals surface area contributed by atoms with E-state index in [1.807, 2.05) is 71.4 Å². The fourth-order valence-electron chi connectivity index (χ4n) is 2.23. The largest absolute Gasteiger partial charge is 0.313 e. The number of benzene rings is 2. The Morgan fingerprint density at radius 2 is 1.74 bits per heavy atom. The van der Waals surface area contributed by atoms with E-state index in [1.54, 1.807) is 12.3 Å². The molecule has 0 saturated carbocycles. The molecule has 0 aliphatic carbocycles. The fraction of sp³-hybridized carbons (Fsp3) is 0.0526. The molecule has 3 rings (SSSR count). The van der Waals surface area contributed by atoms with Gasteiger partial charge in [0.05, 0.1) is 6.54 Å². The molecule has 0 spiro atoms. The van der Waals surface area contributed by atoms with Gasteiger partial charge in [0.2, 0.25) is 5.95 Å². The summed E-state index contributed by atoms with van der Waals surface area (Å²) in [4.78, 5) is 16.2. The number of amides is 1. The van der Waals surface area contributed by atoms with Gasteiger partial charge in [-0.05, 0) is 17.2 Å². The zero-order valence-corrected chi connectivity index (χ0v) is 12.6. The summed E-state index contributed by atoms with van der Waals surface area (Å²) in [5.74, 6) is 0.339. The molecule has 0 aliphatic heterocycles. The molecule has 4 heteroatoms. The van der Waals surface area contributed by atoms with Crippen LogP contribution >= 0.6 is 0 Å². The van der Waals surface area contributed by atoms with Gasteiger partial charge in [0.25, 0.3) is 5.91 Å². The monoisotopic (exact) mass is 303 g/mol. The van der Waals surface area contributed by atoms with E-state index in [0.717, 1.165) is 11.1 Å². The Kier molecular flexibility index (Phi) is 4.64. The summed E-state index contributed by atoms with van der Waals surface area (Å²) in [7, 11) is 0. The Labute approximate surface area is 135 Å². The molecule has 1 aromatic heterocycles. The van der Waals surface area contributed by atoms with Crippen molar-refractivity contribution >= 4 is 17.9 Å². The van der Waals surface area contributed by atoms with Gasteiger partial charge in [0.15, 0.2) is 0 Å². The highest BCUT2D eigenvalue weighted by atomic mass is 16.1. The van der Waals surface area contributed by atoms with Crippen LogP contribution in [-0.4, -0.2) is 15.5 Å². The van der Waals surface area contributed by atoms with Gasteiger partial charge >= 0.3 is 0 Å². The second-order valence-electron chi connectivity index (χ2n) is 5.10. The maximum atomic E-state index is 12.0. The third-order valence-electron chi connectivity index (χ3n) is 3.37. The van der Waals surface area contributed by atoms with Crippen LogP contribution in [0, 0.1) is 0 Å². The number of imidazole rings is 1. The average molecular weight is 303 g/mol. The van der Waals surface area contributed by atoms with Crippen LogP contribution in [0.3, 0.4) is 0 Å². The molecule has 3 aromatic rings. The Hall–Kier alpha value is -3.14. The molecule has 114 valence electrons. The van der Waals surface area contributed by atoms with Crippen LogP contribution in [0.15, 0.2) is 79.1 Å². The average Bonchev–Trinajstić information content (AvgIpc) is 3.02. The first-order chi connectivity index (χ1) is 11.3. The minimum absolute atomic E-state index is 0.200. The SMILES string of the molecule is O=C(/C=C/c1ccccc1)Nc1nccn1Cc1ccccc1. The number of carbonyl (C=O) groups excluding carboxylic acids is 1. The molecule has 0 aliphatic rings. The van der Waals surface area contributed by atoms with Gasteiger partial charge in [-0.2, -0.15) is 0 Å². The lowest BCUT2D eigenvalue weighted by Crippen LogP contribution is -2.13. The fourth-order valence-corrected chi connectivity index (χ4v) is 2.23. The van der Waals surface area contributed by atoms with Gasteiger partial charge in [-0.15, -0.1) is 0 Å². The molecule has 1 amide bonds. The summed E-state index contributed by atoms with van der Waals surface area (Å²) in [6.45, 7) is 0.666. The number of nitrogens with zero attached hydrogens (tertiary/aromatic N) is 2. The third-order valence-corrected chi connectivity index (χ3v) is 3.37. The van der Waals surface area contributed by atoms with Gasteiger partial charge < -0.3 is 4.57 Å². The molecule has 23 heavy (non-hydrogen) atoms. The van der Waals surface area contributed by atoms with Crippen LogP contribution in [0.5, 0.6) is 0 Å². The van der Waals surface area contributed by atoms with E-state index >= 15 is 0 Å². The quantitative estimate of drug-likeness (QED) is 0.732. The van der Waals surface area contributed by atoms with Crippen LogP contribution in [0.25, 0.3) is 6.08 Å². The van der Waals surface area contributed by atoms with E-state index in [1.165, 1.54) is 6.08 Å². The number of aromatic nitrogens is 2. The van der Waals surface area contributed by atoms with Crippen molar-refractivity contribution in [1.29, 1.82) is 0 Å². The van der Waals surface area contributed by atoms with Crippen molar-refractivity contribution in [2.45, 2.75) is 6.54 Å². The molecule has 4 nitrogen and oxygen atoms in total. The van der Waals surface area contributed by atoms with Gasteiger partial charge in [-0.1, -0.05) is 60.7 Å². The minimum atomic E-state index is -0.200. The molecule has 0 fully saturated rings. The zero-order valence-electron chi connectivity index (χ0n) is 12.6. The van der Waals surface area contributed by atoms with Crippen LogP contribution < -0.4 is 5.32 Å². The maximum Gasteiger partial charge on any atom is 0.250 e. The highest BCUT2D eigenvalue weighted by Gasteiger charge is 2.05. The van der Waals surface area contributed by atoms with Crippen molar-refractivity contribution in [3.05, 3.63) is 90.3 Å². The standard InChI is InChI=1S/C19H17N3O/c23-18(12-11-16-7-3-1-4-8-16)21-19-20-13-14-22(19)15-17-9-5-2-6-10-17/h1-14H,15H2,(H,20,21,23)/b12-11+. The van der Waals surface area contributed by atoms with Crippen molar-refractivity contribution < 1.29 is 4.79 Å². The molecule has 1 N–H and O–H groups in total. The summed E-state index contributed by atoms with van der Waals surface area (Å²) in [5.41, 5.74) is 2.14. The van der Waals surface area contributed by atoms with E-state index in [2.05, 4.69) is 10.3 Å². The van der Waals surface area contributed by atoms with Crippen LogP contribution in [0.4, 0.5) is 5.95 Å². The first kappa shape index (κ1) is 14.8. The molecule has 0 bridgehead atoms. The van der Waals surface area contributed by atoms with Crippen molar-refractivity contribution in [3.8, 4) is 0 Å². The first-order valence-corrected chi connectivity index (χ1v) is 7.40. The lowest BCUT2D eigenvalue weighted by Gasteiger charge is -2.07. The smallest absolute Gasteiger partial charge is 0.250 e. The van der Waals surface area contributed by atoms with Crippen molar-refractivity contribution in [2.75, 3.05) is 5.32 Å². The Balaban J connectivity index is 1.65. The number of nitrogens with one attached hydrogen (secondary N) is 1. The van der Waals surface area contributed by atoms with Crippen molar-refractivity contribution in [1.82, 2.24) is 9.55 Å². The number of hydrogen-bond acceptors (Lipinski definition) is 2. The normalized spacial score (nSPS) is 10.8.